The maximum Gasteiger partial charge on any atom is 0.310 e. The molecule has 2 fully saturated rings. The minimum Gasteiger partial charge on any atom is -0.481 e. The van der Waals surface area contributed by atoms with Crippen molar-refractivity contribution in [3.63, 3.8) is 0 Å². The van der Waals surface area contributed by atoms with E-state index in [1.165, 1.54) is 0 Å². The number of piperidine rings is 1. The number of nitrogens with zero attached hydrogens (tertiary/aromatic N) is 1. The molecule has 5 nitrogen and oxygen atoms in total. The van der Waals surface area contributed by atoms with Gasteiger partial charge in [-0.3, -0.25) is 9.59 Å². The van der Waals surface area contributed by atoms with Gasteiger partial charge in [0, 0.05) is 6.54 Å². The molecule has 1 aliphatic heterocycles. The number of rotatable bonds is 3. The Morgan fingerprint density at radius 2 is 2.06 bits per heavy atom. The minimum atomic E-state index is -0.986. The summed E-state index contributed by atoms with van der Waals surface area (Å²) >= 11 is 0. The van der Waals surface area contributed by atoms with Crippen molar-refractivity contribution in [3.05, 3.63) is 0 Å². The molecular formula is C11H17NO4. The largest absolute Gasteiger partial charge is 0.481 e. The second-order valence-corrected chi connectivity index (χ2v) is 5.04. The van der Waals surface area contributed by atoms with E-state index < -0.39 is 23.3 Å². The number of carboxylic acid groups (broad SMARTS) is 2. The van der Waals surface area contributed by atoms with Crippen molar-refractivity contribution < 1.29 is 19.8 Å². The molecule has 0 aromatic rings. The summed E-state index contributed by atoms with van der Waals surface area (Å²) in [7, 11) is 1.96. The Bertz CT molecular complexity index is 330. The van der Waals surface area contributed by atoms with E-state index in [2.05, 4.69) is 4.90 Å². The van der Waals surface area contributed by atoms with Crippen LogP contribution in [0, 0.1) is 17.3 Å². The van der Waals surface area contributed by atoms with Crippen molar-refractivity contribution in [2.75, 3.05) is 20.1 Å². The first-order chi connectivity index (χ1) is 7.48. The van der Waals surface area contributed by atoms with Crippen LogP contribution in [0.5, 0.6) is 0 Å². The SMILES string of the molecule is CN1CCCC(C2(C(=O)O)CC2C(=O)O)C1. The van der Waals surface area contributed by atoms with Crippen LogP contribution in [-0.4, -0.2) is 47.2 Å². The lowest BCUT2D eigenvalue weighted by Gasteiger charge is -2.33. The third kappa shape index (κ3) is 1.59. The highest BCUT2D eigenvalue weighted by molar-refractivity contribution is 5.89. The monoisotopic (exact) mass is 227 g/mol. The summed E-state index contributed by atoms with van der Waals surface area (Å²) in [5, 5.41) is 18.2. The Balaban J connectivity index is 2.16. The van der Waals surface area contributed by atoms with Gasteiger partial charge in [-0.1, -0.05) is 0 Å². The molecule has 0 amide bonds. The molecule has 2 aliphatic rings. The molecule has 3 unspecified atom stereocenters. The second-order valence-electron chi connectivity index (χ2n) is 5.04. The van der Waals surface area contributed by atoms with Gasteiger partial charge >= 0.3 is 11.9 Å². The van der Waals surface area contributed by atoms with Crippen LogP contribution in [0.25, 0.3) is 0 Å². The summed E-state index contributed by atoms with van der Waals surface area (Å²) in [5.41, 5.74) is -0.986. The van der Waals surface area contributed by atoms with Gasteiger partial charge in [-0.2, -0.15) is 0 Å². The summed E-state index contributed by atoms with van der Waals surface area (Å²) in [6.07, 6.45) is 2.10. The summed E-state index contributed by atoms with van der Waals surface area (Å²) in [6.45, 7) is 1.68. The molecule has 1 saturated heterocycles. The molecule has 0 aromatic carbocycles. The van der Waals surface area contributed by atoms with Gasteiger partial charge in [0.15, 0.2) is 0 Å². The van der Waals surface area contributed by atoms with Crippen LogP contribution in [0.2, 0.25) is 0 Å². The van der Waals surface area contributed by atoms with Crippen molar-refractivity contribution in [1.82, 2.24) is 4.90 Å². The van der Waals surface area contributed by atoms with E-state index in [1.807, 2.05) is 7.05 Å². The highest BCUT2D eigenvalue weighted by Crippen LogP contribution is 2.60. The van der Waals surface area contributed by atoms with Crippen LogP contribution in [0.15, 0.2) is 0 Å². The number of carbonyl (C=O) groups is 2. The van der Waals surface area contributed by atoms with Crippen molar-refractivity contribution in [1.29, 1.82) is 0 Å². The molecule has 1 heterocycles. The zero-order valence-electron chi connectivity index (χ0n) is 9.35. The lowest BCUT2D eigenvalue weighted by Crippen LogP contribution is -2.41. The summed E-state index contributed by atoms with van der Waals surface area (Å²) in [6, 6.07) is 0. The van der Waals surface area contributed by atoms with Gasteiger partial charge in [0.25, 0.3) is 0 Å². The standard InChI is InChI=1S/C11H17NO4/c1-12-4-2-3-7(6-12)11(10(15)16)5-8(11)9(13)14/h7-8H,2-6H2,1H3,(H,13,14)(H,15,16). The van der Waals surface area contributed by atoms with Crippen molar-refractivity contribution >= 4 is 11.9 Å². The van der Waals surface area contributed by atoms with Gasteiger partial charge in [0.2, 0.25) is 0 Å². The highest BCUT2D eigenvalue weighted by Gasteiger charge is 2.68. The molecule has 0 radical (unpaired) electrons. The average Bonchev–Trinajstić information content (AvgIpc) is 2.93. The molecular weight excluding hydrogens is 210 g/mol. The first-order valence-corrected chi connectivity index (χ1v) is 5.63. The smallest absolute Gasteiger partial charge is 0.310 e. The molecule has 2 N–H and O–H groups in total. The summed E-state index contributed by atoms with van der Waals surface area (Å²) < 4.78 is 0. The summed E-state index contributed by atoms with van der Waals surface area (Å²) in [4.78, 5) is 24.3. The van der Waals surface area contributed by atoms with Crippen LogP contribution >= 0.6 is 0 Å². The second kappa shape index (κ2) is 3.73. The maximum absolute atomic E-state index is 11.3. The average molecular weight is 227 g/mol. The van der Waals surface area contributed by atoms with Crippen molar-refractivity contribution in [3.8, 4) is 0 Å². The van der Waals surface area contributed by atoms with E-state index in [4.69, 9.17) is 5.11 Å². The number of aliphatic carboxylic acids is 2. The van der Waals surface area contributed by atoms with E-state index in [-0.39, 0.29) is 5.92 Å². The lowest BCUT2D eigenvalue weighted by molar-refractivity contribution is -0.152. The number of carboxylic acids is 2. The molecule has 1 saturated carbocycles. The van der Waals surface area contributed by atoms with E-state index in [0.29, 0.717) is 13.0 Å². The molecule has 5 heteroatoms. The third-order valence-electron chi connectivity index (χ3n) is 4.05. The third-order valence-corrected chi connectivity index (χ3v) is 4.05. The lowest BCUT2D eigenvalue weighted by atomic mass is 9.81. The molecule has 0 bridgehead atoms. The Labute approximate surface area is 94.0 Å². The van der Waals surface area contributed by atoms with Crippen LogP contribution in [0.4, 0.5) is 0 Å². The fourth-order valence-electron chi connectivity index (χ4n) is 3.04. The number of likely N-dealkylation sites (tertiary alicyclic amines) is 1. The number of hydrogen-bond donors (Lipinski definition) is 2. The Hall–Kier alpha value is -1.10. The molecule has 90 valence electrons. The van der Waals surface area contributed by atoms with Gasteiger partial charge in [-0.15, -0.1) is 0 Å². The van der Waals surface area contributed by atoms with E-state index in [0.717, 1.165) is 19.4 Å². The van der Waals surface area contributed by atoms with Crippen LogP contribution in [0.3, 0.4) is 0 Å². The van der Waals surface area contributed by atoms with E-state index >= 15 is 0 Å². The van der Waals surface area contributed by atoms with E-state index in [1.54, 1.807) is 0 Å². The quantitative estimate of drug-likeness (QED) is 0.734. The van der Waals surface area contributed by atoms with Crippen molar-refractivity contribution in [2.24, 2.45) is 17.3 Å². The highest BCUT2D eigenvalue weighted by atomic mass is 16.4. The van der Waals surface area contributed by atoms with Gasteiger partial charge in [0.05, 0.1) is 11.3 Å². The number of hydrogen-bond acceptors (Lipinski definition) is 3. The first-order valence-electron chi connectivity index (χ1n) is 5.63. The van der Waals surface area contributed by atoms with Crippen LogP contribution in [-0.2, 0) is 9.59 Å². The summed E-state index contributed by atoms with van der Waals surface area (Å²) in [5.74, 6) is -2.58. The predicted octanol–water partition coefficient (Wildman–Crippen LogP) is 0.504. The molecule has 1 aliphatic carbocycles. The molecule has 0 spiro atoms. The minimum absolute atomic E-state index is 0.00940. The Kier molecular flexibility index (Phi) is 2.66. The van der Waals surface area contributed by atoms with Gasteiger partial charge in [-0.05, 0) is 38.8 Å². The first kappa shape index (κ1) is 11.4. The fourth-order valence-corrected chi connectivity index (χ4v) is 3.04. The maximum atomic E-state index is 11.3. The normalized spacial score (nSPS) is 39.3. The van der Waals surface area contributed by atoms with Gasteiger partial charge in [-0.25, -0.2) is 0 Å². The van der Waals surface area contributed by atoms with Crippen LogP contribution < -0.4 is 0 Å². The predicted molar refractivity (Wildman–Crippen MR) is 56.0 cm³/mol. The molecule has 16 heavy (non-hydrogen) atoms. The zero-order valence-corrected chi connectivity index (χ0v) is 9.35. The molecule has 2 rings (SSSR count). The van der Waals surface area contributed by atoms with Gasteiger partial charge in [0.1, 0.15) is 0 Å². The zero-order chi connectivity index (χ0) is 11.9. The van der Waals surface area contributed by atoms with Crippen LogP contribution in [0.1, 0.15) is 19.3 Å². The Morgan fingerprint density at radius 3 is 2.50 bits per heavy atom. The molecule has 3 atom stereocenters. The fraction of sp³-hybridized carbons (Fsp3) is 0.818. The molecule has 0 aromatic heterocycles. The van der Waals surface area contributed by atoms with E-state index in [9.17, 15) is 14.7 Å². The van der Waals surface area contributed by atoms with Gasteiger partial charge < -0.3 is 15.1 Å². The van der Waals surface area contributed by atoms with Crippen molar-refractivity contribution in [2.45, 2.75) is 19.3 Å². The Morgan fingerprint density at radius 1 is 1.38 bits per heavy atom. The topological polar surface area (TPSA) is 77.8 Å².